The van der Waals surface area contributed by atoms with Crippen molar-refractivity contribution in [3.8, 4) is 17.6 Å². The van der Waals surface area contributed by atoms with Crippen molar-refractivity contribution in [1.29, 1.82) is 5.26 Å². The quantitative estimate of drug-likeness (QED) is 0.665. The average molecular weight is 398 g/mol. The van der Waals surface area contributed by atoms with Crippen molar-refractivity contribution in [3.05, 3.63) is 35.7 Å². The highest BCUT2D eigenvalue weighted by Gasteiger charge is 2.38. The maximum Gasteiger partial charge on any atom is 0.324 e. The van der Waals surface area contributed by atoms with Crippen molar-refractivity contribution in [2.45, 2.75) is 32.4 Å². The second kappa shape index (κ2) is 8.60. The number of nitrogens with one attached hydrogen (secondary N) is 1. The van der Waals surface area contributed by atoms with Gasteiger partial charge in [0, 0.05) is 24.7 Å². The summed E-state index contributed by atoms with van der Waals surface area (Å²) in [6, 6.07) is 5.82. The zero-order chi connectivity index (χ0) is 21.0. The van der Waals surface area contributed by atoms with Crippen molar-refractivity contribution >= 4 is 11.9 Å². The first kappa shape index (κ1) is 20.1. The normalized spacial score (nSPS) is 16.1. The summed E-state index contributed by atoms with van der Waals surface area (Å²) in [5.41, 5.74) is 1.08. The van der Waals surface area contributed by atoms with Gasteiger partial charge in [0.2, 0.25) is 0 Å². The van der Waals surface area contributed by atoms with E-state index in [9.17, 15) is 9.59 Å². The van der Waals surface area contributed by atoms with E-state index < -0.39 is 12.1 Å². The third-order valence-corrected chi connectivity index (χ3v) is 4.47. The molecule has 1 aliphatic heterocycles. The summed E-state index contributed by atoms with van der Waals surface area (Å²) in [6.45, 7) is 4.14. The van der Waals surface area contributed by atoms with Crippen molar-refractivity contribution < 1.29 is 19.1 Å². The number of hydrogen-bond donors (Lipinski definition) is 1. The number of nitrogens with zero attached hydrogens (tertiary/aromatic N) is 5. The first-order valence-electron chi connectivity index (χ1n) is 9.16. The molecular formula is C19H22N6O4. The first-order chi connectivity index (χ1) is 13.9. The molecule has 3 rings (SSSR count). The Kier molecular flexibility index (Phi) is 5.97. The molecule has 3 amide bonds. The van der Waals surface area contributed by atoms with E-state index in [-0.39, 0.29) is 31.5 Å². The Hall–Kier alpha value is -3.61. The molecule has 0 bridgehead atoms. The Morgan fingerprint density at radius 2 is 2.10 bits per heavy atom. The summed E-state index contributed by atoms with van der Waals surface area (Å²) in [7, 11) is 1.47. The van der Waals surface area contributed by atoms with Gasteiger partial charge in [-0.1, -0.05) is 5.21 Å². The monoisotopic (exact) mass is 398 g/mol. The average Bonchev–Trinajstić information content (AvgIpc) is 3.28. The fourth-order valence-electron chi connectivity index (χ4n) is 2.90. The van der Waals surface area contributed by atoms with Gasteiger partial charge in [-0.3, -0.25) is 9.69 Å². The van der Waals surface area contributed by atoms with E-state index in [0.717, 1.165) is 4.90 Å². The molecule has 1 fully saturated rings. The number of amides is 3. The highest BCUT2D eigenvalue weighted by molar-refractivity contribution is 6.04. The minimum atomic E-state index is -0.677. The van der Waals surface area contributed by atoms with E-state index in [2.05, 4.69) is 15.6 Å². The number of carbonyl (C=O) groups is 2. The third-order valence-electron chi connectivity index (χ3n) is 4.47. The van der Waals surface area contributed by atoms with Gasteiger partial charge in [-0.25, -0.2) is 9.48 Å². The fraction of sp³-hybridized carbons (Fsp3) is 0.421. The Bertz CT molecular complexity index is 948. The van der Waals surface area contributed by atoms with Crippen LogP contribution in [-0.4, -0.2) is 58.1 Å². The molecule has 0 aliphatic carbocycles. The maximum absolute atomic E-state index is 12.6. The van der Waals surface area contributed by atoms with Crippen LogP contribution in [0.3, 0.4) is 0 Å². The molecular weight excluding hydrogens is 376 g/mol. The van der Waals surface area contributed by atoms with Crippen LogP contribution in [0.2, 0.25) is 0 Å². The van der Waals surface area contributed by atoms with E-state index in [1.807, 2.05) is 19.9 Å². The van der Waals surface area contributed by atoms with E-state index in [4.69, 9.17) is 14.7 Å². The molecule has 0 spiro atoms. The number of ether oxygens (including phenoxy) is 2. The molecule has 0 unspecified atom stereocenters. The van der Waals surface area contributed by atoms with E-state index in [0.29, 0.717) is 22.8 Å². The number of benzene rings is 1. The molecule has 152 valence electrons. The second-order valence-corrected chi connectivity index (χ2v) is 6.81. The molecule has 29 heavy (non-hydrogen) atoms. The van der Waals surface area contributed by atoms with Gasteiger partial charge in [0.1, 0.15) is 12.6 Å². The first-order valence-corrected chi connectivity index (χ1v) is 9.16. The number of methoxy groups -OCH3 is 1. The molecule has 1 saturated heterocycles. The van der Waals surface area contributed by atoms with Gasteiger partial charge < -0.3 is 14.8 Å². The lowest BCUT2D eigenvalue weighted by molar-refractivity contribution is -0.127. The SMILES string of the molecule is COc1cc(C#N)ccc1OCCN1C(=O)N[C@@H](Cc2cn(C(C)C)nn2)C1=O. The van der Waals surface area contributed by atoms with Gasteiger partial charge in [-0.2, -0.15) is 5.26 Å². The van der Waals surface area contributed by atoms with Gasteiger partial charge in [0.05, 0.1) is 31.0 Å². The lowest BCUT2D eigenvalue weighted by Gasteiger charge is -2.15. The molecule has 10 heteroatoms. The fourth-order valence-corrected chi connectivity index (χ4v) is 2.90. The minimum Gasteiger partial charge on any atom is -0.493 e. The van der Waals surface area contributed by atoms with Gasteiger partial charge >= 0.3 is 6.03 Å². The smallest absolute Gasteiger partial charge is 0.324 e. The van der Waals surface area contributed by atoms with Crippen molar-refractivity contribution in [1.82, 2.24) is 25.2 Å². The van der Waals surface area contributed by atoms with Gasteiger partial charge in [-0.05, 0) is 26.0 Å². The Balaban J connectivity index is 1.57. The lowest BCUT2D eigenvalue weighted by Crippen LogP contribution is -2.35. The van der Waals surface area contributed by atoms with E-state index in [1.54, 1.807) is 29.1 Å². The number of hydrogen-bond acceptors (Lipinski definition) is 7. The predicted molar refractivity (Wildman–Crippen MR) is 101 cm³/mol. The predicted octanol–water partition coefficient (Wildman–Crippen LogP) is 1.28. The van der Waals surface area contributed by atoms with E-state index >= 15 is 0 Å². The standard InChI is InChI=1S/C19H22N6O4/c1-12(2)25-11-14(22-23-25)9-15-18(26)24(19(27)21-15)6-7-29-16-5-4-13(10-20)8-17(16)28-3/h4-5,8,11-12,15H,6-7,9H2,1-3H3,(H,21,27)/t15-/m0/s1. The Morgan fingerprint density at radius 3 is 2.76 bits per heavy atom. The molecule has 1 atom stereocenters. The Labute approximate surface area is 168 Å². The number of carbonyl (C=O) groups excluding carboxylic acids is 2. The van der Waals surface area contributed by atoms with Crippen molar-refractivity contribution in [2.24, 2.45) is 0 Å². The number of urea groups is 1. The largest absolute Gasteiger partial charge is 0.493 e. The van der Waals surface area contributed by atoms with Crippen LogP contribution in [0.15, 0.2) is 24.4 Å². The van der Waals surface area contributed by atoms with Crippen LogP contribution in [0, 0.1) is 11.3 Å². The second-order valence-electron chi connectivity index (χ2n) is 6.81. The third kappa shape index (κ3) is 4.45. The molecule has 1 aromatic heterocycles. The topological polar surface area (TPSA) is 122 Å². The number of rotatable bonds is 8. The van der Waals surface area contributed by atoms with Gasteiger partial charge in [0.25, 0.3) is 5.91 Å². The molecule has 10 nitrogen and oxygen atoms in total. The highest BCUT2D eigenvalue weighted by Crippen LogP contribution is 2.27. The van der Waals surface area contributed by atoms with Crippen LogP contribution < -0.4 is 14.8 Å². The molecule has 1 aliphatic rings. The van der Waals surface area contributed by atoms with Crippen LogP contribution >= 0.6 is 0 Å². The summed E-state index contributed by atoms with van der Waals surface area (Å²) >= 11 is 0. The Morgan fingerprint density at radius 1 is 1.31 bits per heavy atom. The maximum atomic E-state index is 12.6. The molecule has 0 saturated carbocycles. The van der Waals surface area contributed by atoms with Crippen LogP contribution in [0.1, 0.15) is 31.1 Å². The number of nitriles is 1. The zero-order valence-electron chi connectivity index (χ0n) is 16.5. The molecule has 1 aromatic carbocycles. The van der Waals surface area contributed by atoms with Crippen molar-refractivity contribution in [2.75, 3.05) is 20.3 Å². The summed E-state index contributed by atoms with van der Waals surface area (Å²) < 4.78 is 12.5. The summed E-state index contributed by atoms with van der Waals surface area (Å²) in [5.74, 6) is 0.511. The molecule has 0 radical (unpaired) electrons. The van der Waals surface area contributed by atoms with Crippen LogP contribution in [0.25, 0.3) is 0 Å². The molecule has 2 heterocycles. The highest BCUT2D eigenvalue weighted by atomic mass is 16.5. The van der Waals surface area contributed by atoms with Gasteiger partial charge in [-0.15, -0.1) is 5.10 Å². The minimum absolute atomic E-state index is 0.0863. The van der Waals surface area contributed by atoms with Crippen molar-refractivity contribution in [3.63, 3.8) is 0 Å². The number of imide groups is 1. The summed E-state index contributed by atoms with van der Waals surface area (Å²) in [6.07, 6.45) is 2.05. The van der Waals surface area contributed by atoms with Gasteiger partial charge in [0.15, 0.2) is 11.5 Å². The summed E-state index contributed by atoms with van der Waals surface area (Å²) in [5, 5.41) is 19.7. The van der Waals surface area contributed by atoms with Crippen LogP contribution in [-0.2, 0) is 11.2 Å². The molecule has 1 N–H and O–H groups in total. The lowest BCUT2D eigenvalue weighted by atomic mass is 10.1. The van der Waals surface area contributed by atoms with Crippen LogP contribution in [0.4, 0.5) is 4.79 Å². The summed E-state index contributed by atoms with van der Waals surface area (Å²) in [4.78, 5) is 25.9. The zero-order valence-corrected chi connectivity index (χ0v) is 16.5. The van der Waals surface area contributed by atoms with E-state index in [1.165, 1.54) is 7.11 Å². The number of aromatic nitrogens is 3. The van der Waals surface area contributed by atoms with Crippen LogP contribution in [0.5, 0.6) is 11.5 Å². The molecule has 2 aromatic rings.